The Morgan fingerprint density at radius 1 is 0.846 bits per heavy atom. The fraction of sp³-hybridized carbons (Fsp3) is 0.174. The van der Waals surface area contributed by atoms with Gasteiger partial charge in [0, 0.05) is 11.1 Å². The smallest absolute Gasteiger partial charge is 0.192 e. The number of hydrogen-bond acceptors (Lipinski definition) is 3. The average Bonchev–Trinajstić information content (AvgIpc) is 2.82. The molecule has 2 aromatic carbocycles. The van der Waals surface area contributed by atoms with Crippen LogP contribution in [-0.2, 0) is 0 Å². The first-order valence-electron chi connectivity index (χ1n) is 8.60. The van der Waals surface area contributed by atoms with Crippen LogP contribution in [0.1, 0.15) is 24.2 Å². The van der Waals surface area contributed by atoms with Gasteiger partial charge in [-0.2, -0.15) is 0 Å². The van der Waals surface area contributed by atoms with Crippen LogP contribution < -0.4 is 9.47 Å². The Kier molecular flexibility index (Phi) is 5.37. The molecule has 0 bridgehead atoms. The molecule has 0 spiro atoms. The second-order valence-electron chi connectivity index (χ2n) is 6.36. The number of ketones is 1. The molecule has 0 amide bonds. The van der Waals surface area contributed by atoms with E-state index in [4.69, 9.17) is 9.47 Å². The molecule has 2 aromatic rings. The summed E-state index contributed by atoms with van der Waals surface area (Å²) >= 11 is 0. The van der Waals surface area contributed by atoms with Crippen LogP contribution in [0.25, 0.3) is 0 Å². The van der Waals surface area contributed by atoms with Crippen molar-refractivity contribution in [3.63, 3.8) is 0 Å². The lowest BCUT2D eigenvalue weighted by Crippen LogP contribution is -2.02. The van der Waals surface area contributed by atoms with Crippen LogP contribution in [0.3, 0.4) is 0 Å². The second-order valence-corrected chi connectivity index (χ2v) is 6.36. The minimum absolute atomic E-state index is 0.0206. The maximum Gasteiger partial charge on any atom is 0.192 e. The van der Waals surface area contributed by atoms with Gasteiger partial charge in [-0.3, -0.25) is 4.79 Å². The van der Waals surface area contributed by atoms with E-state index in [0.717, 1.165) is 17.1 Å². The first-order valence-corrected chi connectivity index (χ1v) is 8.60. The highest BCUT2D eigenvalue weighted by atomic mass is 16.5. The van der Waals surface area contributed by atoms with E-state index in [9.17, 15) is 4.79 Å². The lowest BCUT2D eigenvalue weighted by molar-refractivity contribution is 0.103. The molecule has 132 valence electrons. The Morgan fingerprint density at radius 3 is 2.04 bits per heavy atom. The number of methoxy groups -OCH3 is 1. The van der Waals surface area contributed by atoms with Crippen LogP contribution in [0.2, 0.25) is 0 Å². The van der Waals surface area contributed by atoms with Crippen LogP contribution in [0, 0.1) is 5.92 Å². The quantitative estimate of drug-likeness (QED) is 0.647. The molecule has 3 rings (SSSR count). The maximum atomic E-state index is 12.7. The van der Waals surface area contributed by atoms with Gasteiger partial charge in [-0.1, -0.05) is 36.8 Å². The van der Waals surface area contributed by atoms with Gasteiger partial charge in [-0.15, -0.1) is 0 Å². The molecule has 0 aliphatic heterocycles. The Labute approximate surface area is 154 Å². The molecule has 3 heteroatoms. The van der Waals surface area contributed by atoms with Gasteiger partial charge in [0.15, 0.2) is 5.78 Å². The fourth-order valence-electron chi connectivity index (χ4n) is 2.85. The molecule has 1 aliphatic carbocycles. The predicted molar refractivity (Wildman–Crippen MR) is 104 cm³/mol. The van der Waals surface area contributed by atoms with Gasteiger partial charge in [0.2, 0.25) is 0 Å². The number of hydrogen-bond donors (Lipinski definition) is 0. The highest BCUT2D eigenvalue weighted by Crippen LogP contribution is 2.25. The largest absolute Gasteiger partial charge is 0.497 e. The summed E-state index contributed by atoms with van der Waals surface area (Å²) in [6.45, 7) is 4.12. The Bertz CT molecular complexity index is 869. The van der Waals surface area contributed by atoms with E-state index in [0.29, 0.717) is 11.3 Å². The average molecular weight is 346 g/mol. The molecule has 0 saturated heterocycles. The van der Waals surface area contributed by atoms with Crippen LogP contribution in [0.4, 0.5) is 0 Å². The van der Waals surface area contributed by atoms with Gasteiger partial charge in [0.25, 0.3) is 0 Å². The minimum atomic E-state index is 0.0206. The number of rotatable bonds is 5. The number of carbonyl (C=O) groups is 1. The molecule has 0 N–H and O–H groups in total. The number of ether oxygens (including phenoxy) is 2. The summed E-state index contributed by atoms with van der Waals surface area (Å²) < 4.78 is 10.9. The molecular weight excluding hydrogens is 324 g/mol. The standard InChI is InChI=1S/C23H22O3/c1-16-4-5-19(15-17(2)14-16)23(24)18-6-8-21(9-7-18)26-22-12-10-20(25-3)11-13-22/h4-15,17H,1-3H3. The van der Waals surface area contributed by atoms with Gasteiger partial charge in [0.1, 0.15) is 17.2 Å². The van der Waals surface area contributed by atoms with Crippen molar-refractivity contribution >= 4 is 5.78 Å². The molecule has 0 heterocycles. The Balaban J connectivity index is 1.72. The topological polar surface area (TPSA) is 35.5 Å². The fourth-order valence-corrected chi connectivity index (χ4v) is 2.85. The van der Waals surface area contributed by atoms with Gasteiger partial charge in [0.05, 0.1) is 7.11 Å². The molecule has 0 aromatic heterocycles. The first kappa shape index (κ1) is 17.7. The van der Waals surface area contributed by atoms with Gasteiger partial charge in [-0.05, 0) is 61.4 Å². The SMILES string of the molecule is COc1ccc(Oc2ccc(C(=O)C3=CC(C)C=C(C)C=C3)cc2)cc1. The molecule has 0 saturated carbocycles. The summed E-state index contributed by atoms with van der Waals surface area (Å²) in [7, 11) is 1.63. The maximum absolute atomic E-state index is 12.7. The lowest BCUT2D eigenvalue weighted by Gasteiger charge is -2.08. The van der Waals surface area contributed by atoms with Crippen molar-refractivity contribution in [1.82, 2.24) is 0 Å². The van der Waals surface area contributed by atoms with Crippen molar-refractivity contribution in [2.75, 3.05) is 7.11 Å². The van der Waals surface area contributed by atoms with E-state index in [1.165, 1.54) is 5.57 Å². The molecule has 1 unspecified atom stereocenters. The number of benzene rings is 2. The highest BCUT2D eigenvalue weighted by Gasteiger charge is 2.13. The molecular formula is C23H22O3. The molecule has 1 atom stereocenters. The molecule has 0 radical (unpaired) electrons. The second kappa shape index (κ2) is 7.87. The van der Waals surface area contributed by atoms with Gasteiger partial charge < -0.3 is 9.47 Å². The summed E-state index contributed by atoms with van der Waals surface area (Å²) in [4.78, 5) is 12.7. The van der Waals surface area contributed by atoms with Crippen molar-refractivity contribution in [2.24, 2.45) is 5.92 Å². The zero-order chi connectivity index (χ0) is 18.5. The molecule has 1 aliphatic rings. The highest BCUT2D eigenvalue weighted by molar-refractivity contribution is 6.10. The zero-order valence-corrected chi connectivity index (χ0v) is 15.2. The van der Waals surface area contributed by atoms with Crippen molar-refractivity contribution in [1.29, 1.82) is 0 Å². The normalized spacial score (nSPS) is 16.3. The van der Waals surface area contributed by atoms with E-state index < -0.39 is 0 Å². The van der Waals surface area contributed by atoms with E-state index in [-0.39, 0.29) is 11.7 Å². The molecule has 26 heavy (non-hydrogen) atoms. The van der Waals surface area contributed by atoms with Gasteiger partial charge in [-0.25, -0.2) is 0 Å². The van der Waals surface area contributed by atoms with Gasteiger partial charge >= 0.3 is 0 Å². The molecule has 3 nitrogen and oxygen atoms in total. The van der Waals surface area contributed by atoms with Crippen LogP contribution in [0.15, 0.2) is 84.0 Å². The third-order valence-electron chi connectivity index (χ3n) is 4.17. The summed E-state index contributed by atoms with van der Waals surface area (Å²) in [6, 6.07) is 14.6. The number of carbonyl (C=O) groups excluding carboxylic acids is 1. The van der Waals surface area contributed by atoms with Crippen molar-refractivity contribution < 1.29 is 14.3 Å². The number of Topliss-reactive ketones (excluding diaryl/α,β-unsaturated/α-hetero) is 1. The van der Waals surface area contributed by atoms with E-state index in [1.807, 2.05) is 61.5 Å². The van der Waals surface area contributed by atoms with E-state index in [2.05, 4.69) is 13.0 Å². The van der Waals surface area contributed by atoms with Crippen LogP contribution in [-0.4, -0.2) is 12.9 Å². The lowest BCUT2D eigenvalue weighted by atomic mass is 10.00. The van der Waals surface area contributed by atoms with Crippen LogP contribution in [0.5, 0.6) is 17.2 Å². The summed E-state index contributed by atoms with van der Waals surface area (Å²) in [5, 5.41) is 0. The predicted octanol–water partition coefficient (Wildman–Crippen LogP) is 5.75. The zero-order valence-electron chi connectivity index (χ0n) is 15.2. The number of allylic oxidation sites excluding steroid dienone is 6. The van der Waals surface area contributed by atoms with Crippen molar-refractivity contribution in [3.05, 3.63) is 89.5 Å². The Hall–Kier alpha value is -3.07. The van der Waals surface area contributed by atoms with Crippen molar-refractivity contribution in [3.8, 4) is 17.2 Å². The van der Waals surface area contributed by atoms with E-state index in [1.54, 1.807) is 19.2 Å². The first-order chi connectivity index (χ1) is 12.5. The summed E-state index contributed by atoms with van der Waals surface area (Å²) in [5.74, 6) is 2.44. The van der Waals surface area contributed by atoms with E-state index >= 15 is 0 Å². The van der Waals surface area contributed by atoms with Crippen LogP contribution >= 0.6 is 0 Å². The minimum Gasteiger partial charge on any atom is -0.497 e. The third-order valence-corrected chi connectivity index (χ3v) is 4.17. The Morgan fingerprint density at radius 2 is 1.42 bits per heavy atom. The third kappa shape index (κ3) is 4.31. The molecule has 0 fully saturated rings. The monoisotopic (exact) mass is 346 g/mol. The van der Waals surface area contributed by atoms with Crippen molar-refractivity contribution in [2.45, 2.75) is 13.8 Å². The summed E-state index contributed by atoms with van der Waals surface area (Å²) in [5.41, 5.74) is 2.53. The summed E-state index contributed by atoms with van der Waals surface area (Å²) in [6.07, 6.45) is 8.01.